The maximum Gasteiger partial charge on any atom is 0.336 e. The van der Waals surface area contributed by atoms with Crippen LogP contribution in [-0.4, -0.2) is 63.6 Å². The van der Waals surface area contributed by atoms with E-state index in [1.807, 2.05) is 30.5 Å². The van der Waals surface area contributed by atoms with Gasteiger partial charge in [0.15, 0.2) is 0 Å². The van der Waals surface area contributed by atoms with Crippen LogP contribution in [-0.2, 0) is 35.1 Å². The van der Waals surface area contributed by atoms with Crippen LogP contribution in [0, 0.1) is 0 Å². The number of fused-ring (bicyclic) bond motifs is 1. The number of pyridine rings is 1. The highest BCUT2D eigenvalue weighted by atomic mass is 35.5. The fraction of sp³-hybridized carbons (Fsp3) is 0.344. The van der Waals surface area contributed by atoms with E-state index in [1.165, 1.54) is 7.11 Å². The maximum atomic E-state index is 13.3. The van der Waals surface area contributed by atoms with Crippen molar-refractivity contribution in [3.8, 4) is 0 Å². The molecule has 0 bridgehead atoms. The number of hydrogen-bond donors (Lipinski definition) is 2. The number of carbonyl (C=O) groups excluding carboxylic acids is 2. The highest BCUT2D eigenvalue weighted by Gasteiger charge is 2.40. The number of dihydropyridines is 1. The van der Waals surface area contributed by atoms with Crippen LogP contribution in [0.3, 0.4) is 0 Å². The minimum atomic E-state index is -0.877. The number of methoxy groups -OCH3 is 1. The first-order valence-corrected chi connectivity index (χ1v) is 14.7. The Bertz CT molecular complexity index is 1520. The van der Waals surface area contributed by atoms with Crippen LogP contribution in [0.5, 0.6) is 0 Å². The van der Waals surface area contributed by atoms with E-state index in [-0.39, 0.29) is 36.0 Å². The number of para-hydroxylation sites is 1. The second-order valence-electron chi connectivity index (χ2n) is 9.72. The van der Waals surface area contributed by atoms with Gasteiger partial charge in [-0.05, 0) is 43.2 Å². The van der Waals surface area contributed by atoms with Gasteiger partial charge in [-0.2, -0.15) is 0 Å². The summed E-state index contributed by atoms with van der Waals surface area (Å²) < 4.78 is 22.0. The number of halogens is 2. The molecule has 0 fully saturated rings. The van der Waals surface area contributed by atoms with Gasteiger partial charge in [-0.3, -0.25) is 4.98 Å². The Morgan fingerprint density at radius 2 is 1.79 bits per heavy atom. The number of ether oxygens (including phenoxy) is 4. The Labute approximate surface area is 261 Å². The van der Waals surface area contributed by atoms with Gasteiger partial charge in [0.1, 0.15) is 0 Å². The van der Waals surface area contributed by atoms with Crippen LogP contribution >= 0.6 is 23.2 Å². The SMILES string of the molecule is CCOC(=O)C1=C(COCCOCCNCc2cnc3ccccc3c2)NC(C)=C(C(=O)OC)C1c1cccc(Cl)c1Cl. The monoisotopic (exact) mass is 627 g/mol. The third kappa shape index (κ3) is 8.13. The van der Waals surface area contributed by atoms with E-state index in [0.29, 0.717) is 48.3 Å². The summed E-state index contributed by atoms with van der Waals surface area (Å²) in [5.41, 5.74) is 3.94. The van der Waals surface area contributed by atoms with Gasteiger partial charge < -0.3 is 29.6 Å². The Hall–Kier alpha value is -3.47. The van der Waals surface area contributed by atoms with Gasteiger partial charge in [0.2, 0.25) is 0 Å². The quantitative estimate of drug-likeness (QED) is 0.181. The smallest absolute Gasteiger partial charge is 0.336 e. The molecule has 0 saturated carbocycles. The fourth-order valence-electron chi connectivity index (χ4n) is 4.88. The summed E-state index contributed by atoms with van der Waals surface area (Å²) in [7, 11) is 1.28. The molecule has 0 amide bonds. The molecule has 0 saturated heterocycles. The van der Waals surface area contributed by atoms with E-state index in [9.17, 15) is 9.59 Å². The highest BCUT2D eigenvalue weighted by Crippen LogP contribution is 2.43. The molecule has 0 spiro atoms. The number of carbonyl (C=O) groups is 2. The van der Waals surface area contributed by atoms with Crippen molar-refractivity contribution in [2.24, 2.45) is 0 Å². The normalized spacial score (nSPS) is 15.0. The molecule has 1 atom stereocenters. The molecule has 0 aliphatic carbocycles. The molecule has 1 aliphatic rings. The van der Waals surface area contributed by atoms with E-state index >= 15 is 0 Å². The Balaban J connectivity index is 1.36. The maximum absolute atomic E-state index is 13.3. The van der Waals surface area contributed by atoms with Crippen molar-refractivity contribution in [3.63, 3.8) is 0 Å². The topological polar surface area (TPSA) is 108 Å². The van der Waals surface area contributed by atoms with Gasteiger partial charge in [0.05, 0.1) is 78.5 Å². The number of allylic oxidation sites excluding steroid dienone is 1. The minimum Gasteiger partial charge on any atom is -0.466 e. The summed E-state index contributed by atoms with van der Waals surface area (Å²) in [5.74, 6) is -2.09. The number of esters is 2. The first kappa shape index (κ1) is 32.4. The molecular weight excluding hydrogens is 593 g/mol. The van der Waals surface area contributed by atoms with Crippen LogP contribution in [0.25, 0.3) is 10.9 Å². The van der Waals surface area contributed by atoms with Crippen LogP contribution in [0.1, 0.15) is 30.9 Å². The molecule has 2 aromatic carbocycles. The third-order valence-electron chi connectivity index (χ3n) is 6.86. The number of rotatable bonds is 14. The standard InChI is InChI=1S/C32H35Cl2N3O6/c1-4-43-32(39)29-26(37-20(2)27(31(38)40-3)28(29)23-9-7-10-24(33)30(23)34)19-42-15-14-41-13-12-35-17-21-16-22-8-5-6-11-25(22)36-18-21/h5-11,16,18,28,35,37H,4,12-15,17,19H2,1-3H3. The molecule has 9 nitrogen and oxygen atoms in total. The van der Waals surface area contributed by atoms with E-state index in [4.69, 9.17) is 42.1 Å². The number of nitrogens with zero attached hydrogens (tertiary/aromatic N) is 1. The molecule has 1 aliphatic heterocycles. The number of hydrogen-bond acceptors (Lipinski definition) is 9. The van der Waals surface area contributed by atoms with Gasteiger partial charge in [-0.15, -0.1) is 0 Å². The van der Waals surface area contributed by atoms with E-state index < -0.39 is 17.9 Å². The molecule has 4 rings (SSSR count). The lowest BCUT2D eigenvalue weighted by Gasteiger charge is -2.31. The van der Waals surface area contributed by atoms with Crippen molar-refractivity contribution in [3.05, 3.63) is 98.4 Å². The third-order valence-corrected chi connectivity index (χ3v) is 7.69. The summed E-state index contributed by atoms with van der Waals surface area (Å²) in [6.45, 7) is 6.11. The van der Waals surface area contributed by atoms with Crippen molar-refractivity contribution < 1.29 is 28.5 Å². The summed E-state index contributed by atoms with van der Waals surface area (Å²) in [4.78, 5) is 30.7. The second-order valence-corrected chi connectivity index (χ2v) is 10.5. The predicted octanol–water partition coefficient (Wildman–Crippen LogP) is 5.32. The molecule has 228 valence electrons. The molecule has 1 unspecified atom stereocenters. The Morgan fingerprint density at radius 1 is 1.00 bits per heavy atom. The molecule has 2 heterocycles. The molecule has 1 aromatic heterocycles. The zero-order valence-corrected chi connectivity index (χ0v) is 25.9. The average Bonchev–Trinajstić information content (AvgIpc) is 3.01. The molecular formula is C32H35Cl2N3O6. The molecule has 0 radical (unpaired) electrons. The van der Waals surface area contributed by atoms with E-state index in [2.05, 4.69) is 21.7 Å². The lowest BCUT2D eigenvalue weighted by atomic mass is 9.80. The lowest BCUT2D eigenvalue weighted by Crippen LogP contribution is -2.35. The van der Waals surface area contributed by atoms with Crippen LogP contribution in [0.2, 0.25) is 10.0 Å². The van der Waals surface area contributed by atoms with Gasteiger partial charge in [-0.25, -0.2) is 9.59 Å². The number of benzene rings is 2. The number of aromatic nitrogens is 1. The highest BCUT2D eigenvalue weighted by molar-refractivity contribution is 6.42. The van der Waals surface area contributed by atoms with Gasteiger partial charge in [0, 0.05) is 30.4 Å². The fourth-order valence-corrected chi connectivity index (χ4v) is 5.30. The van der Waals surface area contributed by atoms with Crippen molar-refractivity contribution in [2.75, 3.05) is 46.7 Å². The molecule has 2 N–H and O–H groups in total. The van der Waals surface area contributed by atoms with Gasteiger partial charge in [0.25, 0.3) is 0 Å². The molecule has 3 aromatic rings. The number of nitrogens with one attached hydrogen (secondary N) is 2. The van der Waals surface area contributed by atoms with Crippen molar-refractivity contribution in [2.45, 2.75) is 26.3 Å². The van der Waals surface area contributed by atoms with E-state index in [1.54, 1.807) is 32.0 Å². The predicted molar refractivity (Wildman–Crippen MR) is 166 cm³/mol. The van der Waals surface area contributed by atoms with Crippen LogP contribution in [0.15, 0.2) is 77.3 Å². The summed E-state index contributed by atoms with van der Waals surface area (Å²) >= 11 is 12.9. The zero-order valence-electron chi connectivity index (χ0n) is 24.4. The van der Waals surface area contributed by atoms with Crippen molar-refractivity contribution in [1.29, 1.82) is 0 Å². The zero-order chi connectivity index (χ0) is 30.8. The second kappa shape index (κ2) is 15.8. The molecule has 11 heteroatoms. The van der Waals surface area contributed by atoms with Crippen molar-refractivity contribution >= 4 is 46.0 Å². The first-order valence-electron chi connectivity index (χ1n) is 14.0. The summed E-state index contributed by atoms with van der Waals surface area (Å²) in [5, 5.41) is 8.13. The minimum absolute atomic E-state index is 0.0468. The van der Waals surface area contributed by atoms with E-state index in [0.717, 1.165) is 16.5 Å². The average molecular weight is 629 g/mol. The van der Waals surface area contributed by atoms with Gasteiger partial charge >= 0.3 is 11.9 Å². The Morgan fingerprint density at radius 3 is 2.58 bits per heavy atom. The lowest BCUT2D eigenvalue weighted by molar-refractivity contribution is -0.139. The van der Waals surface area contributed by atoms with Crippen molar-refractivity contribution in [1.82, 2.24) is 15.6 Å². The summed E-state index contributed by atoms with van der Waals surface area (Å²) in [6.07, 6.45) is 1.87. The largest absolute Gasteiger partial charge is 0.466 e. The first-order chi connectivity index (χ1) is 20.8. The van der Waals surface area contributed by atoms with Crippen LogP contribution < -0.4 is 10.6 Å². The molecule has 43 heavy (non-hydrogen) atoms. The summed E-state index contributed by atoms with van der Waals surface area (Å²) in [6, 6.07) is 15.2. The van der Waals surface area contributed by atoms with Gasteiger partial charge in [-0.1, -0.05) is 53.5 Å². The Kier molecular flexibility index (Phi) is 12.0. The van der Waals surface area contributed by atoms with Crippen LogP contribution in [0.4, 0.5) is 0 Å².